The molecular weight excluding hydrogens is 254 g/mol. The molecule has 0 aromatic carbocycles. The van der Waals surface area contributed by atoms with E-state index in [1.165, 1.54) is 5.56 Å². The monoisotopic (exact) mass is 275 g/mol. The fraction of sp³-hybridized carbons (Fsp3) is 0.571. The third-order valence-corrected chi connectivity index (χ3v) is 3.56. The summed E-state index contributed by atoms with van der Waals surface area (Å²) in [7, 11) is 0. The van der Waals surface area contributed by atoms with E-state index in [4.69, 9.17) is 4.42 Å². The highest BCUT2D eigenvalue weighted by Crippen LogP contribution is 2.15. The first-order valence-electron chi connectivity index (χ1n) is 7.21. The molecule has 3 heterocycles. The van der Waals surface area contributed by atoms with Crippen molar-refractivity contribution in [2.75, 3.05) is 13.1 Å². The van der Waals surface area contributed by atoms with Gasteiger partial charge in [-0.3, -0.25) is 4.90 Å². The second-order valence-electron chi connectivity index (χ2n) is 5.25. The standard InChI is InChI=1S/C14H21N5O/c1-2-3-15-7-12-6-13(20-10-12)8-18-4-5-19-11-16-17-14(19)9-18/h6,10-11,15H,2-5,7-9H2,1H3. The van der Waals surface area contributed by atoms with E-state index in [0.29, 0.717) is 0 Å². The van der Waals surface area contributed by atoms with Crippen molar-refractivity contribution >= 4 is 0 Å². The van der Waals surface area contributed by atoms with Crippen molar-refractivity contribution < 1.29 is 4.42 Å². The highest BCUT2D eigenvalue weighted by molar-refractivity contribution is 5.12. The topological polar surface area (TPSA) is 59.1 Å². The Kier molecular flexibility index (Phi) is 4.13. The smallest absolute Gasteiger partial charge is 0.147 e. The fourth-order valence-corrected chi connectivity index (χ4v) is 2.48. The summed E-state index contributed by atoms with van der Waals surface area (Å²) in [5.74, 6) is 2.05. The molecule has 0 fully saturated rings. The maximum atomic E-state index is 5.64. The van der Waals surface area contributed by atoms with Crippen LogP contribution in [-0.2, 0) is 26.2 Å². The Morgan fingerprint density at radius 2 is 2.35 bits per heavy atom. The van der Waals surface area contributed by atoms with Crippen molar-refractivity contribution in [3.05, 3.63) is 35.8 Å². The molecule has 1 aliphatic rings. The van der Waals surface area contributed by atoms with Gasteiger partial charge in [0, 0.05) is 25.2 Å². The first kappa shape index (κ1) is 13.3. The molecule has 6 nitrogen and oxygen atoms in total. The van der Waals surface area contributed by atoms with Crippen molar-refractivity contribution in [2.24, 2.45) is 0 Å². The van der Waals surface area contributed by atoms with Gasteiger partial charge in [0.15, 0.2) is 0 Å². The number of hydrogen-bond donors (Lipinski definition) is 1. The minimum atomic E-state index is 0.834. The summed E-state index contributed by atoms with van der Waals surface area (Å²) in [6, 6.07) is 2.14. The van der Waals surface area contributed by atoms with Crippen LogP contribution in [0, 0.1) is 0 Å². The molecule has 0 unspecified atom stereocenters. The molecule has 6 heteroatoms. The molecule has 0 saturated carbocycles. The number of nitrogens with one attached hydrogen (secondary N) is 1. The van der Waals surface area contributed by atoms with Crippen LogP contribution in [0.4, 0.5) is 0 Å². The Morgan fingerprint density at radius 1 is 1.40 bits per heavy atom. The Bertz CT molecular complexity index is 547. The molecule has 0 amide bonds. The summed E-state index contributed by atoms with van der Waals surface area (Å²) in [6.07, 6.45) is 4.81. The number of aromatic nitrogens is 3. The zero-order valence-electron chi connectivity index (χ0n) is 11.9. The highest BCUT2D eigenvalue weighted by Gasteiger charge is 2.18. The Labute approximate surface area is 118 Å². The normalized spacial score (nSPS) is 15.4. The van der Waals surface area contributed by atoms with Crippen LogP contribution in [-0.4, -0.2) is 32.8 Å². The van der Waals surface area contributed by atoms with Gasteiger partial charge in [-0.2, -0.15) is 0 Å². The van der Waals surface area contributed by atoms with Gasteiger partial charge < -0.3 is 14.3 Å². The average molecular weight is 275 g/mol. The fourth-order valence-electron chi connectivity index (χ4n) is 2.48. The van der Waals surface area contributed by atoms with Gasteiger partial charge in [0.2, 0.25) is 0 Å². The molecule has 2 aromatic rings. The van der Waals surface area contributed by atoms with Crippen LogP contribution in [0.2, 0.25) is 0 Å². The van der Waals surface area contributed by atoms with Gasteiger partial charge in [-0.15, -0.1) is 10.2 Å². The van der Waals surface area contributed by atoms with E-state index in [0.717, 1.165) is 57.3 Å². The Balaban J connectivity index is 1.54. The molecule has 0 atom stereocenters. The highest BCUT2D eigenvalue weighted by atomic mass is 16.3. The summed E-state index contributed by atoms with van der Waals surface area (Å²) < 4.78 is 7.75. The molecule has 1 aliphatic heterocycles. The summed E-state index contributed by atoms with van der Waals surface area (Å²) in [5.41, 5.74) is 1.22. The van der Waals surface area contributed by atoms with E-state index in [2.05, 4.69) is 38.0 Å². The molecule has 0 bridgehead atoms. The zero-order valence-corrected chi connectivity index (χ0v) is 11.9. The van der Waals surface area contributed by atoms with Crippen molar-refractivity contribution in [3.63, 3.8) is 0 Å². The molecule has 108 valence electrons. The van der Waals surface area contributed by atoms with Crippen LogP contribution in [0.5, 0.6) is 0 Å². The lowest BCUT2D eigenvalue weighted by Gasteiger charge is -2.25. The third-order valence-electron chi connectivity index (χ3n) is 3.56. The SMILES string of the molecule is CCCNCc1coc(CN2CCn3cnnc3C2)c1. The van der Waals surface area contributed by atoms with Gasteiger partial charge in [-0.25, -0.2) is 0 Å². The summed E-state index contributed by atoms with van der Waals surface area (Å²) in [5, 5.41) is 11.5. The maximum Gasteiger partial charge on any atom is 0.147 e. The Morgan fingerprint density at radius 3 is 3.25 bits per heavy atom. The number of rotatable bonds is 6. The van der Waals surface area contributed by atoms with Gasteiger partial charge in [0.1, 0.15) is 17.9 Å². The van der Waals surface area contributed by atoms with Crippen molar-refractivity contribution in [2.45, 2.75) is 39.5 Å². The van der Waals surface area contributed by atoms with E-state index in [9.17, 15) is 0 Å². The summed E-state index contributed by atoms with van der Waals surface area (Å²) >= 11 is 0. The van der Waals surface area contributed by atoms with Crippen LogP contribution < -0.4 is 5.32 Å². The molecule has 0 radical (unpaired) electrons. The minimum Gasteiger partial charge on any atom is -0.468 e. The predicted molar refractivity (Wildman–Crippen MR) is 74.8 cm³/mol. The lowest BCUT2D eigenvalue weighted by Crippen LogP contribution is -2.33. The molecule has 0 spiro atoms. The van der Waals surface area contributed by atoms with E-state index >= 15 is 0 Å². The van der Waals surface area contributed by atoms with Crippen LogP contribution in [0.1, 0.15) is 30.5 Å². The molecule has 0 aliphatic carbocycles. The quantitative estimate of drug-likeness (QED) is 0.807. The van der Waals surface area contributed by atoms with Gasteiger partial charge in [-0.05, 0) is 19.0 Å². The van der Waals surface area contributed by atoms with E-state index in [1.54, 1.807) is 6.33 Å². The number of fused-ring (bicyclic) bond motifs is 1. The van der Waals surface area contributed by atoms with Gasteiger partial charge >= 0.3 is 0 Å². The first-order valence-corrected chi connectivity index (χ1v) is 7.21. The maximum absolute atomic E-state index is 5.64. The summed E-state index contributed by atoms with van der Waals surface area (Å²) in [6.45, 7) is 7.73. The number of nitrogens with zero attached hydrogens (tertiary/aromatic N) is 4. The predicted octanol–water partition coefficient (Wildman–Crippen LogP) is 1.39. The van der Waals surface area contributed by atoms with E-state index < -0.39 is 0 Å². The first-order chi connectivity index (χ1) is 9.85. The molecule has 0 saturated heterocycles. The largest absolute Gasteiger partial charge is 0.468 e. The third kappa shape index (κ3) is 3.08. The van der Waals surface area contributed by atoms with Crippen LogP contribution in [0.15, 0.2) is 23.1 Å². The van der Waals surface area contributed by atoms with Gasteiger partial charge in [0.05, 0.1) is 19.4 Å². The summed E-state index contributed by atoms with van der Waals surface area (Å²) in [4.78, 5) is 2.34. The van der Waals surface area contributed by atoms with Gasteiger partial charge in [0.25, 0.3) is 0 Å². The van der Waals surface area contributed by atoms with Crippen LogP contribution in [0.3, 0.4) is 0 Å². The zero-order chi connectivity index (χ0) is 13.8. The van der Waals surface area contributed by atoms with Crippen LogP contribution >= 0.6 is 0 Å². The second kappa shape index (κ2) is 6.19. The van der Waals surface area contributed by atoms with Crippen molar-refractivity contribution in [1.29, 1.82) is 0 Å². The lowest BCUT2D eigenvalue weighted by atomic mass is 10.2. The van der Waals surface area contributed by atoms with E-state index in [-0.39, 0.29) is 0 Å². The molecule has 3 rings (SSSR count). The number of furan rings is 1. The van der Waals surface area contributed by atoms with E-state index in [1.807, 2.05) is 6.26 Å². The Hall–Kier alpha value is -1.66. The molecular formula is C14H21N5O. The molecule has 1 N–H and O–H groups in total. The lowest BCUT2D eigenvalue weighted by molar-refractivity contribution is 0.194. The second-order valence-corrected chi connectivity index (χ2v) is 5.25. The number of hydrogen-bond acceptors (Lipinski definition) is 5. The van der Waals surface area contributed by atoms with Crippen molar-refractivity contribution in [3.8, 4) is 0 Å². The molecule has 20 heavy (non-hydrogen) atoms. The van der Waals surface area contributed by atoms with Gasteiger partial charge in [-0.1, -0.05) is 6.92 Å². The average Bonchev–Trinajstić information content (AvgIpc) is 3.08. The van der Waals surface area contributed by atoms with Crippen LogP contribution in [0.25, 0.3) is 0 Å². The minimum absolute atomic E-state index is 0.834. The molecule has 2 aromatic heterocycles. The van der Waals surface area contributed by atoms with Crippen molar-refractivity contribution in [1.82, 2.24) is 25.0 Å².